The molecule has 0 fully saturated rings. The van der Waals surface area contributed by atoms with Crippen LogP contribution in [0.2, 0.25) is 0 Å². The number of nitrogens with one attached hydrogen (secondary N) is 1. The van der Waals surface area contributed by atoms with E-state index in [2.05, 4.69) is 20.8 Å². The third kappa shape index (κ3) is 3.57. The molecule has 24 heavy (non-hydrogen) atoms. The molecule has 0 atom stereocenters. The summed E-state index contributed by atoms with van der Waals surface area (Å²) in [5.41, 5.74) is 3.51. The summed E-state index contributed by atoms with van der Waals surface area (Å²) in [5.74, 6) is 0.537. The number of nitrogens with zero attached hydrogens (tertiary/aromatic N) is 4. The molecule has 1 N–H and O–H groups in total. The van der Waals surface area contributed by atoms with E-state index in [1.54, 1.807) is 12.1 Å². The van der Waals surface area contributed by atoms with E-state index >= 15 is 0 Å². The molecular formula is C17H17N5O2. The SMILES string of the molecule is Cc1cccc(C)c1OCC(=O)Nc1ccc(-n2cnnn2)cc1. The summed E-state index contributed by atoms with van der Waals surface area (Å²) in [4.78, 5) is 12.0. The molecule has 0 aliphatic rings. The number of aryl methyl sites for hydroxylation is 2. The van der Waals surface area contributed by atoms with Gasteiger partial charge < -0.3 is 10.1 Å². The summed E-state index contributed by atoms with van der Waals surface area (Å²) in [6.07, 6.45) is 1.51. The smallest absolute Gasteiger partial charge is 0.262 e. The van der Waals surface area contributed by atoms with Gasteiger partial charge in [0.25, 0.3) is 5.91 Å². The highest BCUT2D eigenvalue weighted by atomic mass is 16.5. The van der Waals surface area contributed by atoms with Gasteiger partial charge in [0.1, 0.15) is 12.1 Å². The highest BCUT2D eigenvalue weighted by molar-refractivity contribution is 5.92. The van der Waals surface area contributed by atoms with Crippen LogP contribution < -0.4 is 10.1 Å². The molecule has 2 aromatic carbocycles. The molecule has 7 nitrogen and oxygen atoms in total. The molecule has 122 valence electrons. The van der Waals surface area contributed by atoms with Gasteiger partial charge in [0.2, 0.25) is 0 Å². The molecule has 1 heterocycles. The van der Waals surface area contributed by atoms with Crippen molar-refractivity contribution in [2.75, 3.05) is 11.9 Å². The summed E-state index contributed by atoms with van der Waals surface area (Å²) in [5, 5.41) is 13.8. The van der Waals surface area contributed by atoms with Crippen LogP contribution in [0.25, 0.3) is 5.69 Å². The minimum Gasteiger partial charge on any atom is -0.483 e. The molecule has 3 rings (SSSR count). The molecule has 1 amide bonds. The minimum absolute atomic E-state index is 0.0412. The molecular weight excluding hydrogens is 306 g/mol. The first kappa shape index (κ1) is 15.7. The van der Waals surface area contributed by atoms with Gasteiger partial charge in [0.15, 0.2) is 6.61 Å². The Hall–Kier alpha value is -3.22. The number of benzene rings is 2. The third-order valence-corrected chi connectivity index (χ3v) is 3.52. The second-order valence-electron chi connectivity index (χ2n) is 5.36. The van der Waals surface area contributed by atoms with E-state index in [0.717, 1.165) is 22.6 Å². The average molecular weight is 323 g/mol. The van der Waals surface area contributed by atoms with Gasteiger partial charge in [-0.2, -0.15) is 0 Å². The van der Waals surface area contributed by atoms with Crippen LogP contribution >= 0.6 is 0 Å². The van der Waals surface area contributed by atoms with Crippen molar-refractivity contribution < 1.29 is 9.53 Å². The van der Waals surface area contributed by atoms with Crippen molar-refractivity contribution in [2.45, 2.75) is 13.8 Å². The fourth-order valence-corrected chi connectivity index (χ4v) is 2.34. The van der Waals surface area contributed by atoms with E-state index in [1.165, 1.54) is 11.0 Å². The standard InChI is InChI=1S/C17H17N5O2/c1-12-4-3-5-13(2)17(12)24-10-16(23)19-14-6-8-15(9-7-14)22-11-18-20-21-22/h3-9,11H,10H2,1-2H3,(H,19,23). The number of rotatable bonds is 5. The van der Waals surface area contributed by atoms with E-state index in [0.29, 0.717) is 5.69 Å². The average Bonchev–Trinajstić information content (AvgIpc) is 3.09. The lowest BCUT2D eigenvalue weighted by atomic mass is 10.1. The second kappa shape index (κ2) is 6.91. The zero-order valence-electron chi connectivity index (χ0n) is 13.4. The number of carbonyl (C=O) groups excluding carboxylic acids is 1. The lowest BCUT2D eigenvalue weighted by molar-refractivity contribution is -0.118. The summed E-state index contributed by atoms with van der Waals surface area (Å²) in [7, 11) is 0. The van der Waals surface area contributed by atoms with E-state index in [4.69, 9.17) is 4.74 Å². The van der Waals surface area contributed by atoms with Gasteiger partial charge in [-0.05, 0) is 59.7 Å². The maximum atomic E-state index is 12.0. The van der Waals surface area contributed by atoms with Crippen molar-refractivity contribution >= 4 is 11.6 Å². The Balaban J connectivity index is 1.59. The molecule has 1 aromatic heterocycles. The third-order valence-electron chi connectivity index (χ3n) is 3.52. The van der Waals surface area contributed by atoms with Crippen molar-refractivity contribution in [1.82, 2.24) is 20.2 Å². The summed E-state index contributed by atoms with van der Waals surface area (Å²) < 4.78 is 7.18. The molecule has 0 bridgehead atoms. The van der Waals surface area contributed by atoms with Crippen molar-refractivity contribution in [1.29, 1.82) is 0 Å². The van der Waals surface area contributed by atoms with Gasteiger partial charge >= 0.3 is 0 Å². The Labute approximate surface area is 139 Å². The zero-order chi connectivity index (χ0) is 16.9. The lowest BCUT2D eigenvalue weighted by Gasteiger charge is -2.12. The first-order valence-corrected chi connectivity index (χ1v) is 7.46. The van der Waals surface area contributed by atoms with Crippen molar-refractivity contribution in [3.63, 3.8) is 0 Å². The lowest BCUT2D eigenvalue weighted by Crippen LogP contribution is -2.20. The molecule has 0 radical (unpaired) electrons. The molecule has 0 saturated carbocycles. The number of ether oxygens (including phenoxy) is 1. The predicted octanol–water partition coefficient (Wildman–Crippen LogP) is 2.30. The number of hydrogen-bond donors (Lipinski definition) is 1. The Morgan fingerprint density at radius 2 is 1.83 bits per heavy atom. The molecule has 0 aliphatic carbocycles. The van der Waals surface area contributed by atoms with Crippen LogP contribution in [0.3, 0.4) is 0 Å². The number of carbonyl (C=O) groups is 1. The van der Waals surface area contributed by atoms with Gasteiger partial charge in [0.05, 0.1) is 5.69 Å². The molecule has 3 aromatic rings. The number of anilines is 1. The van der Waals surface area contributed by atoms with Crippen LogP contribution in [0.5, 0.6) is 5.75 Å². The summed E-state index contributed by atoms with van der Waals surface area (Å²) in [6, 6.07) is 13.1. The van der Waals surface area contributed by atoms with Gasteiger partial charge in [-0.1, -0.05) is 18.2 Å². The number of tetrazole rings is 1. The van der Waals surface area contributed by atoms with Crippen molar-refractivity contribution in [2.24, 2.45) is 0 Å². The van der Waals surface area contributed by atoms with E-state index in [-0.39, 0.29) is 12.5 Å². The molecule has 0 unspecified atom stereocenters. The van der Waals surface area contributed by atoms with Crippen molar-refractivity contribution in [3.05, 3.63) is 59.9 Å². The Morgan fingerprint density at radius 1 is 1.12 bits per heavy atom. The molecule has 0 spiro atoms. The fourth-order valence-electron chi connectivity index (χ4n) is 2.34. The zero-order valence-corrected chi connectivity index (χ0v) is 13.4. The quantitative estimate of drug-likeness (QED) is 0.779. The fraction of sp³-hybridized carbons (Fsp3) is 0.176. The van der Waals surface area contributed by atoms with Crippen LogP contribution in [0, 0.1) is 13.8 Å². The van der Waals surface area contributed by atoms with Crippen LogP contribution in [-0.4, -0.2) is 32.7 Å². The highest BCUT2D eigenvalue weighted by Gasteiger charge is 2.08. The van der Waals surface area contributed by atoms with E-state index in [1.807, 2.05) is 44.2 Å². The Bertz CT molecular complexity index is 808. The maximum absolute atomic E-state index is 12.0. The van der Waals surface area contributed by atoms with Gasteiger partial charge in [-0.3, -0.25) is 4.79 Å². The molecule has 0 saturated heterocycles. The first-order valence-electron chi connectivity index (χ1n) is 7.46. The monoisotopic (exact) mass is 323 g/mol. The second-order valence-corrected chi connectivity index (χ2v) is 5.36. The van der Waals surface area contributed by atoms with E-state index < -0.39 is 0 Å². The van der Waals surface area contributed by atoms with Gasteiger partial charge in [-0.15, -0.1) is 5.10 Å². The molecule has 0 aliphatic heterocycles. The largest absolute Gasteiger partial charge is 0.483 e. The van der Waals surface area contributed by atoms with Crippen LogP contribution in [0.1, 0.15) is 11.1 Å². The van der Waals surface area contributed by atoms with Crippen LogP contribution in [-0.2, 0) is 4.79 Å². The number of hydrogen-bond acceptors (Lipinski definition) is 5. The van der Waals surface area contributed by atoms with Crippen molar-refractivity contribution in [3.8, 4) is 11.4 Å². The summed E-state index contributed by atoms with van der Waals surface area (Å²) in [6.45, 7) is 3.87. The highest BCUT2D eigenvalue weighted by Crippen LogP contribution is 2.22. The topological polar surface area (TPSA) is 81.9 Å². The first-order chi connectivity index (χ1) is 11.6. The minimum atomic E-state index is -0.215. The van der Waals surface area contributed by atoms with Gasteiger partial charge in [0, 0.05) is 5.69 Å². The number of para-hydroxylation sites is 1. The van der Waals surface area contributed by atoms with Crippen LogP contribution in [0.4, 0.5) is 5.69 Å². The van der Waals surface area contributed by atoms with E-state index in [9.17, 15) is 4.79 Å². The van der Waals surface area contributed by atoms with Gasteiger partial charge in [-0.25, -0.2) is 4.68 Å². The number of amides is 1. The normalized spacial score (nSPS) is 10.4. The predicted molar refractivity (Wildman–Crippen MR) is 89.2 cm³/mol. The Morgan fingerprint density at radius 3 is 2.46 bits per heavy atom. The summed E-state index contributed by atoms with van der Waals surface area (Å²) >= 11 is 0. The Kier molecular flexibility index (Phi) is 4.51. The maximum Gasteiger partial charge on any atom is 0.262 e. The van der Waals surface area contributed by atoms with Crippen LogP contribution in [0.15, 0.2) is 48.8 Å². The number of aromatic nitrogens is 4. The molecule has 7 heteroatoms.